The Morgan fingerprint density at radius 3 is 2.69 bits per heavy atom. The van der Waals surface area contributed by atoms with Crippen molar-refractivity contribution >= 4 is 23.4 Å². The van der Waals surface area contributed by atoms with Crippen LogP contribution in [0.15, 0.2) is 66.1 Å². The minimum Gasteiger partial charge on any atom is -0.495 e. The molecule has 0 saturated carbocycles. The van der Waals surface area contributed by atoms with Crippen LogP contribution < -0.4 is 9.64 Å². The molecule has 3 aromatic rings. The quantitative estimate of drug-likeness (QED) is 0.530. The van der Waals surface area contributed by atoms with Crippen LogP contribution in [-0.4, -0.2) is 39.6 Å². The van der Waals surface area contributed by atoms with Crippen LogP contribution in [0.3, 0.4) is 0 Å². The summed E-state index contributed by atoms with van der Waals surface area (Å²) in [5.41, 5.74) is 1.57. The monoisotopic (exact) mass is 407 g/mol. The lowest BCUT2D eigenvalue weighted by molar-refractivity contribution is -0.117. The van der Waals surface area contributed by atoms with Crippen molar-refractivity contribution in [2.45, 2.75) is 23.8 Å². The summed E-state index contributed by atoms with van der Waals surface area (Å²) >= 11 is 1.32. The van der Waals surface area contributed by atoms with Crippen LogP contribution in [0.1, 0.15) is 13.3 Å². The molecule has 7 nitrogen and oxygen atoms in total. The fraction of sp³-hybridized carbons (Fsp3) is 0.238. The highest BCUT2D eigenvalue weighted by Gasteiger charge is 2.25. The highest BCUT2D eigenvalue weighted by molar-refractivity contribution is 8.00. The number of carbonyl (C=O) groups is 1. The van der Waals surface area contributed by atoms with Crippen molar-refractivity contribution in [2.75, 3.05) is 18.6 Å². The smallest absolute Gasteiger partial charge is 0.240 e. The van der Waals surface area contributed by atoms with Gasteiger partial charge < -0.3 is 9.64 Å². The van der Waals surface area contributed by atoms with E-state index in [1.807, 2.05) is 61.5 Å². The van der Waals surface area contributed by atoms with Gasteiger partial charge in [0.1, 0.15) is 12.1 Å². The largest absolute Gasteiger partial charge is 0.495 e. The summed E-state index contributed by atoms with van der Waals surface area (Å²) in [4.78, 5) is 14.8. The van der Waals surface area contributed by atoms with Crippen LogP contribution in [0.2, 0.25) is 0 Å². The van der Waals surface area contributed by atoms with E-state index >= 15 is 0 Å². The van der Waals surface area contributed by atoms with Gasteiger partial charge in [-0.1, -0.05) is 42.1 Å². The van der Waals surface area contributed by atoms with Crippen LogP contribution in [0.4, 0.5) is 5.69 Å². The Morgan fingerprint density at radius 2 is 1.97 bits per heavy atom. The van der Waals surface area contributed by atoms with Gasteiger partial charge in [-0.25, -0.2) is 0 Å². The van der Waals surface area contributed by atoms with E-state index in [-0.39, 0.29) is 12.3 Å². The summed E-state index contributed by atoms with van der Waals surface area (Å²) in [6.07, 6.45) is 1.86. The molecule has 0 bridgehead atoms. The maximum Gasteiger partial charge on any atom is 0.240 e. The van der Waals surface area contributed by atoms with Gasteiger partial charge in [-0.3, -0.25) is 9.36 Å². The SMILES string of the molecule is COc1ccccc1-n1cnnc1S[C@@H](C)C(=O)N(CCC#N)c1ccccc1. The lowest BCUT2D eigenvalue weighted by Crippen LogP contribution is -2.37. The summed E-state index contributed by atoms with van der Waals surface area (Å²) in [6.45, 7) is 2.17. The Kier molecular flexibility index (Phi) is 6.87. The van der Waals surface area contributed by atoms with Gasteiger partial charge in [0.25, 0.3) is 0 Å². The van der Waals surface area contributed by atoms with E-state index in [0.29, 0.717) is 17.5 Å². The zero-order chi connectivity index (χ0) is 20.6. The number of amides is 1. The number of nitriles is 1. The fourth-order valence-corrected chi connectivity index (χ4v) is 3.76. The lowest BCUT2D eigenvalue weighted by atomic mass is 10.2. The van der Waals surface area contributed by atoms with Gasteiger partial charge >= 0.3 is 0 Å². The first-order chi connectivity index (χ1) is 14.2. The average Bonchev–Trinajstić information content (AvgIpc) is 3.22. The molecule has 0 unspecified atom stereocenters. The highest BCUT2D eigenvalue weighted by atomic mass is 32.2. The zero-order valence-electron chi connectivity index (χ0n) is 16.2. The molecule has 0 fully saturated rings. The van der Waals surface area contributed by atoms with Crippen molar-refractivity contribution in [2.24, 2.45) is 0 Å². The standard InChI is InChI=1S/C21H21N5O2S/c1-16(20(27)25(14-8-13-22)17-9-4-3-5-10-17)29-21-24-23-15-26(21)18-11-6-7-12-19(18)28-2/h3-7,9-12,15-16H,8,14H2,1-2H3/t16-/m0/s1. The first-order valence-electron chi connectivity index (χ1n) is 9.09. The third-order valence-electron chi connectivity index (χ3n) is 4.27. The van der Waals surface area contributed by atoms with Gasteiger partial charge in [-0.15, -0.1) is 10.2 Å². The summed E-state index contributed by atoms with van der Waals surface area (Å²) < 4.78 is 7.23. The molecule has 0 aliphatic carbocycles. The van der Waals surface area contributed by atoms with E-state index in [9.17, 15) is 4.79 Å². The number of hydrogen-bond acceptors (Lipinski definition) is 6. The number of rotatable bonds is 8. The Bertz CT molecular complexity index is 1000. The first kappa shape index (κ1) is 20.4. The molecular formula is C21H21N5O2S. The molecule has 1 heterocycles. The topological polar surface area (TPSA) is 84.0 Å². The molecule has 1 aromatic heterocycles. The molecule has 2 aromatic carbocycles. The van der Waals surface area contributed by atoms with Crippen LogP contribution in [0.5, 0.6) is 5.75 Å². The third-order valence-corrected chi connectivity index (χ3v) is 5.32. The Hall–Kier alpha value is -3.31. The van der Waals surface area contributed by atoms with Gasteiger partial charge in [-0.05, 0) is 31.2 Å². The number of carbonyl (C=O) groups excluding carboxylic acids is 1. The van der Waals surface area contributed by atoms with Gasteiger partial charge in [0.2, 0.25) is 5.91 Å². The number of thioether (sulfide) groups is 1. The predicted molar refractivity (Wildman–Crippen MR) is 112 cm³/mol. The summed E-state index contributed by atoms with van der Waals surface area (Å²) in [7, 11) is 1.61. The van der Waals surface area contributed by atoms with Crippen LogP contribution in [-0.2, 0) is 4.79 Å². The number of methoxy groups -OCH3 is 1. The average molecular weight is 407 g/mol. The van der Waals surface area contributed by atoms with Crippen molar-refractivity contribution in [3.05, 3.63) is 60.9 Å². The summed E-state index contributed by atoms with van der Waals surface area (Å²) in [5, 5.41) is 17.3. The number of para-hydroxylation sites is 3. The van der Waals surface area contributed by atoms with E-state index in [1.54, 1.807) is 22.9 Å². The fourth-order valence-electron chi connectivity index (χ4n) is 2.86. The minimum absolute atomic E-state index is 0.0916. The second-order valence-electron chi connectivity index (χ2n) is 6.15. The molecule has 8 heteroatoms. The van der Waals surface area contributed by atoms with Gasteiger partial charge in [0.05, 0.1) is 30.5 Å². The van der Waals surface area contributed by atoms with E-state index in [0.717, 1.165) is 11.4 Å². The first-order valence-corrected chi connectivity index (χ1v) is 9.97. The second-order valence-corrected chi connectivity index (χ2v) is 7.46. The molecule has 0 saturated heterocycles. The van der Waals surface area contributed by atoms with E-state index in [2.05, 4.69) is 16.3 Å². The molecule has 29 heavy (non-hydrogen) atoms. The van der Waals surface area contributed by atoms with E-state index < -0.39 is 5.25 Å². The molecule has 1 amide bonds. The lowest BCUT2D eigenvalue weighted by Gasteiger charge is -2.24. The van der Waals surface area contributed by atoms with Crippen molar-refractivity contribution in [1.29, 1.82) is 5.26 Å². The Labute approximate surface area is 173 Å². The van der Waals surface area contributed by atoms with Crippen LogP contribution >= 0.6 is 11.8 Å². The maximum absolute atomic E-state index is 13.2. The van der Waals surface area contributed by atoms with Gasteiger partial charge in [0.15, 0.2) is 5.16 Å². The molecule has 1 atom stereocenters. The second kappa shape index (κ2) is 9.75. The molecule has 0 spiro atoms. The third kappa shape index (κ3) is 4.76. The van der Waals surface area contributed by atoms with Crippen molar-refractivity contribution in [3.8, 4) is 17.5 Å². The molecule has 3 rings (SSSR count). The molecule has 148 valence electrons. The summed E-state index contributed by atoms with van der Waals surface area (Å²) in [5.74, 6) is 0.596. The number of hydrogen-bond donors (Lipinski definition) is 0. The van der Waals surface area contributed by atoms with E-state index in [4.69, 9.17) is 10.00 Å². The van der Waals surface area contributed by atoms with E-state index in [1.165, 1.54) is 11.8 Å². The number of anilines is 1. The number of nitrogens with zero attached hydrogens (tertiary/aromatic N) is 5. The number of aromatic nitrogens is 3. The minimum atomic E-state index is -0.424. The Morgan fingerprint density at radius 1 is 1.24 bits per heavy atom. The normalized spacial score (nSPS) is 11.5. The van der Waals surface area contributed by atoms with Gasteiger partial charge in [0, 0.05) is 12.2 Å². The number of ether oxygens (including phenoxy) is 1. The molecule has 0 radical (unpaired) electrons. The Balaban J connectivity index is 1.83. The van der Waals surface area contributed by atoms with Crippen LogP contribution in [0, 0.1) is 11.3 Å². The van der Waals surface area contributed by atoms with Crippen molar-refractivity contribution < 1.29 is 9.53 Å². The molecule has 0 N–H and O–H groups in total. The maximum atomic E-state index is 13.2. The molecule has 0 aliphatic heterocycles. The highest BCUT2D eigenvalue weighted by Crippen LogP contribution is 2.30. The predicted octanol–water partition coefficient (Wildman–Crippen LogP) is 3.70. The zero-order valence-corrected chi connectivity index (χ0v) is 17.0. The van der Waals surface area contributed by atoms with Gasteiger partial charge in [-0.2, -0.15) is 5.26 Å². The van der Waals surface area contributed by atoms with Crippen molar-refractivity contribution in [3.63, 3.8) is 0 Å². The van der Waals surface area contributed by atoms with Crippen LogP contribution in [0.25, 0.3) is 5.69 Å². The molecular weight excluding hydrogens is 386 g/mol. The van der Waals surface area contributed by atoms with Crippen molar-refractivity contribution in [1.82, 2.24) is 14.8 Å². The summed E-state index contributed by atoms with van der Waals surface area (Å²) in [6, 6.07) is 19.0. The molecule has 0 aliphatic rings. The number of benzene rings is 2.